The minimum absolute atomic E-state index is 0.00686. The Morgan fingerprint density at radius 2 is 1.87 bits per heavy atom. The Bertz CT molecular complexity index is 1190. The quantitative estimate of drug-likeness (QED) is 0.413. The van der Waals surface area contributed by atoms with E-state index in [1.54, 1.807) is 24.3 Å². The third-order valence-corrected chi connectivity index (χ3v) is 4.56. The molecule has 1 aromatic heterocycles. The number of amides is 1. The summed E-state index contributed by atoms with van der Waals surface area (Å²) in [4.78, 5) is 27.5. The minimum Gasteiger partial charge on any atom is -0.383 e. The maximum atomic E-state index is 12.9. The van der Waals surface area contributed by atoms with E-state index >= 15 is 0 Å². The van der Waals surface area contributed by atoms with Crippen LogP contribution in [0.2, 0.25) is 0 Å². The van der Waals surface area contributed by atoms with Crippen LogP contribution in [0.4, 0.5) is 24.7 Å². The second-order valence-electron chi connectivity index (χ2n) is 6.72. The number of hydrogen-bond acceptors (Lipinski definition) is 5. The molecule has 0 fully saturated rings. The van der Waals surface area contributed by atoms with Gasteiger partial charge in [0.1, 0.15) is 11.5 Å². The monoisotopic (exact) mass is 426 g/mol. The fourth-order valence-electron chi connectivity index (χ4n) is 2.93. The van der Waals surface area contributed by atoms with Crippen LogP contribution >= 0.6 is 0 Å². The number of hydrogen-bond donors (Lipinski definition) is 3. The number of aromatic nitrogens is 1. The van der Waals surface area contributed by atoms with E-state index in [0.717, 1.165) is 17.7 Å². The Hall–Kier alpha value is -4.01. The highest BCUT2D eigenvalue weighted by molar-refractivity contribution is 6.36. The molecule has 2 aromatic carbocycles. The van der Waals surface area contributed by atoms with E-state index in [1.807, 2.05) is 6.92 Å². The average molecular weight is 426 g/mol. The normalized spacial score (nSPS) is 11.1. The molecule has 0 aliphatic heterocycles. The number of nitrogen functional groups attached to an aromatic ring is 1. The number of pyridine rings is 1. The number of nitrogens with one attached hydrogen (secondary N) is 2. The molecule has 31 heavy (non-hydrogen) atoms. The van der Waals surface area contributed by atoms with Crippen molar-refractivity contribution < 1.29 is 22.8 Å². The van der Waals surface area contributed by atoms with E-state index in [1.165, 1.54) is 18.2 Å². The SMILES string of the molecule is Cc1ccc(NC(=O)c2cccc(C(F)(F)F)c2)cc1-c1ccc(C(=N)C=O)c(N)n1. The van der Waals surface area contributed by atoms with E-state index in [-0.39, 0.29) is 22.7 Å². The van der Waals surface area contributed by atoms with E-state index < -0.39 is 17.6 Å². The predicted molar refractivity (Wildman–Crippen MR) is 111 cm³/mol. The Labute approximate surface area is 175 Å². The van der Waals surface area contributed by atoms with Gasteiger partial charge in [-0.15, -0.1) is 0 Å². The number of aldehydes is 1. The first-order chi connectivity index (χ1) is 14.6. The van der Waals surface area contributed by atoms with Crippen LogP contribution in [0.3, 0.4) is 0 Å². The molecule has 0 unspecified atom stereocenters. The molecule has 0 saturated heterocycles. The molecule has 0 aliphatic rings. The molecule has 0 radical (unpaired) electrons. The Kier molecular flexibility index (Phi) is 5.87. The molecule has 0 atom stereocenters. The molecule has 0 spiro atoms. The summed E-state index contributed by atoms with van der Waals surface area (Å²) in [5.41, 5.74) is 6.96. The number of halogens is 3. The van der Waals surface area contributed by atoms with Crippen molar-refractivity contribution in [3.05, 3.63) is 76.9 Å². The lowest BCUT2D eigenvalue weighted by molar-refractivity contribution is -0.137. The first kappa shape index (κ1) is 21.7. The number of nitrogens with two attached hydrogens (primary N) is 1. The zero-order valence-corrected chi connectivity index (χ0v) is 16.2. The van der Waals surface area contributed by atoms with Crippen molar-refractivity contribution in [2.45, 2.75) is 13.1 Å². The average Bonchev–Trinajstić information content (AvgIpc) is 2.74. The van der Waals surface area contributed by atoms with Gasteiger partial charge in [0, 0.05) is 22.4 Å². The number of alkyl halides is 3. The molecule has 158 valence electrons. The van der Waals surface area contributed by atoms with Gasteiger partial charge in [-0.05, 0) is 55.0 Å². The molecule has 1 heterocycles. The molecule has 3 aromatic rings. The van der Waals surface area contributed by atoms with Crippen molar-refractivity contribution in [1.82, 2.24) is 4.98 Å². The summed E-state index contributed by atoms with van der Waals surface area (Å²) in [6.07, 6.45) is -4.19. The van der Waals surface area contributed by atoms with Crippen LogP contribution in [0.15, 0.2) is 54.6 Å². The summed E-state index contributed by atoms with van der Waals surface area (Å²) < 4.78 is 38.7. The second kappa shape index (κ2) is 8.39. The summed E-state index contributed by atoms with van der Waals surface area (Å²) in [7, 11) is 0. The number of carbonyl (C=O) groups excluding carboxylic acids is 2. The van der Waals surface area contributed by atoms with Crippen LogP contribution in [-0.2, 0) is 11.0 Å². The van der Waals surface area contributed by atoms with E-state index in [9.17, 15) is 22.8 Å². The van der Waals surface area contributed by atoms with Crippen LogP contribution in [0, 0.1) is 12.3 Å². The first-order valence-corrected chi connectivity index (χ1v) is 9.00. The maximum Gasteiger partial charge on any atom is 0.416 e. The van der Waals surface area contributed by atoms with Crippen molar-refractivity contribution in [3.63, 3.8) is 0 Å². The van der Waals surface area contributed by atoms with E-state index in [2.05, 4.69) is 10.3 Å². The fourth-order valence-corrected chi connectivity index (χ4v) is 2.93. The molecule has 3 rings (SSSR count). The molecule has 9 heteroatoms. The zero-order chi connectivity index (χ0) is 22.8. The van der Waals surface area contributed by atoms with Crippen molar-refractivity contribution in [3.8, 4) is 11.3 Å². The molecular weight excluding hydrogens is 409 g/mol. The lowest BCUT2D eigenvalue weighted by Crippen LogP contribution is -2.14. The number of anilines is 2. The molecule has 0 aliphatic carbocycles. The van der Waals surface area contributed by atoms with Crippen molar-refractivity contribution >= 4 is 29.4 Å². The number of carbonyl (C=O) groups is 2. The molecule has 6 nitrogen and oxygen atoms in total. The lowest BCUT2D eigenvalue weighted by Gasteiger charge is -2.12. The topological polar surface area (TPSA) is 109 Å². The van der Waals surface area contributed by atoms with Crippen molar-refractivity contribution in [2.24, 2.45) is 0 Å². The van der Waals surface area contributed by atoms with Crippen molar-refractivity contribution in [1.29, 1.82) is 5.41 Å². The van der Waals surface area contributed by atoms with Gasteiger partial charge in [0.05, 0.1) is 11.3 Å². The van der Waals surface area contributed by atoms with Crippen LogP contribution in [0.25, 0.3) is 11.3 Å². The van der Waals surface area contributed by atoms with Gasteiger partial charge in [0.15, 0.2) is 6.29 Å². The van der Waals surface area contributed by atoms with Crippen LogP contribution in [0.5, 0.6) is 0 Å². The highest BCUT2D eigenvalue weighted by Gasteiger charge is 2.30. The van der Waals surface area contributed by atoms with E-state index in [4.69, 9.17) is 11.1 Å². The van der Waals surface area contributed by atoms with Gasteiger partial charge in [-0.2, -0.15) is 13.2 Å². The van der Waals surface area contributed by atoms with Gasteiger partial charge in [-0.1, -0.05) is 12.1 Å². The maximum absolute atomic E-state index is 12.9. The van der Waals surface area contributed by atoms with Gasteiger partial charge in [0.2, 0.25) is 0 Å². The minimum atomic E-state index is -4.55. The second-order valence-corrected chi connectivity index (χ2v) is 6.72. The molecule has 4 N–H and O–H groups in total. The number of rotatable bonds is 5. The molecular formula is C22H17F3N4O2. The Balaban J connectivity index is 1.90. The van der Waals surface area contributed by atoms with Gasteiger partial charge in [-0.3, -0.25) is 15.0 Å². The summed E-state index contributed by atoms with van der Waals surface area (Å²) >= 11 is 0. The first-order valence-electron chi connectivity index (χ1n) is 9.00. The lowest BCUT2D eigenvalue weighted by atomic mass is 10.0. The van der Waals surface area contributed by atoms with Gasteiger partial charge in [-0.25, -0.2) is 4.98 Å². The number of nitrogens with zero attached hydrogens (tertiary/aromatic N) is 1. The van der Waals surface area contributed by atoms with Gasteiger partial charge in [0.25, 0.3) is 5.91 Å². The Morgan fingerprint density at radius 3 is 2.52 bits per heavy atom. The smallest absolute Gasteiger partial charge is 0.383 e. The standard InChI is InChI=1S/C22H17F3N4O2/c1-12-5-6-15(28-21(31)13-3-2-4-14(9-13)22(23,24)25)10-17(12)19-8-7-16(18(26)11-30)20(27)29-19/h2-11,26H,1H3,(H2,27,29)(H,28,31). The van der Waals surface area contributed by atoms with Crippen LogP contribution in [0.1, 0.15) is 27.0 Å². The van der Waals surface area contributed by atoms with Crippen molar-refractivity contribution in [2.75, 3.05) is 11.1 Å². The summed E-state index contributed by atoms with van der Waals surface area (Å²) in [5.74, 6) is -0.685. The molecule has 0 bridgehead atoms. The third kappa shape index (κ3) is 4.77. The molecule has 0 saturated carbocycles. The van der Waals surface area contributed by atoms with Gasteiger partial charge >= 0.3 is 6.18 Å². The zero-order valence-electron chi connectivity index (χ0n) is 16.2. The number of benzene rings is 2. The largest absolute Gasteiger partial charge is 0.416 e. The number of aryl methyl sites for hydroxylation is 1. The van der Waals surface area contributed by atoms with Crippen LogP contribution in [-0.4, -0.2) is 22.9 Å². The van der Waals surface area contributed by atoms with E-state index in [0.29, 0.717) is 23.2 Å². The van der Waals surface area contributed by atoms with Gasteiger partial charge < -0.3 is 11.1 Å². The summed E-state index contributed by atoms with van der Waals surface area (Å²) in [6, 6.07) is 12.2. The summed E-state index contributed by atoms with van der Waals surface area (Å²) in [5, 5.41) is 10.2. The highest BCUT2D eigenvalue weighted by Crippen LogP contribution is 2.30. The predicted octanol–water partition coefficient (Wildman–Crippen LogP) is 4.48. The third-order valence-electron chi connectivity index (χ3n) is 4.56. The fraction of sp³-hybridized carbons (Fsp3) is 0.0909. The van der Waals surface area contributed by atoms with Crippen LogP contribution < -0.4 is 11.1 Å². The molecule has 1 amide bonds. The highest BCUT2D eigenvalue weighted by atomic mass is 19.4. The Morgan fingerprint density at radius 1 is 1.13 bits per heavy atom. The summed E-state index contributed by atoms with van der Waals surface area (Å²) in [6.45, 7) is 1.81.